The van der Waals surface area contributed by atoms with Crippen LogP contribution in [0, 0.1) is 0 Å². The Hall–Kier alpha value is -1.85. The van der Waals surface area contributed by atoms with E-state index in [1.54, 1.807) is 29.0 Å². The van der Waals surface area contributed by atoms with Gasteiger partial charge in [0, 0.05) is 48.9 Å². The highest BCUT2D eigenvalue weighted by Gasteiger charge is 2.20. The maximum absolute atomic E-state index is 12.6. The first-order valence-electron chi connectivity index (χ1n) is 7.87. The second-order valence-electron chi connectivity index (χ2n) is 5.78. The average molecular weight is 334 g/mol. The van der Waals surface area contributed by atoms with Crippen molar-refractivity contribution in [2.45, 2.75) is 13.5 Å². The van der Waals surface area contributed by atoms with Gasteiger partial charge in [-0.05, 0) is 24.7 Å². The summed E-state index contributed by atoms with van der Waals surface area (Å²) < 4.78 is 1.80. The van der Waals surface area contributed by atoms with Crippen molar-refractivity contribution in [1.29, 1.82) is 0 Å². The SMILES string of the molecule is CCN1CCN(C(=O)Cn2ccc(=O)c3ccc(Cl)cc32)CC1. The van der Waals surface area contributed by atoms with Gasteiger partial charge in [-0.2, -0.15) is 0 Å². The maximum Gasteiger partial charge on any atom is 0.242 e. The Kier molecular flexibility index (Phi) is 4.68. The molecule has 0 atom stereocenters. The second-order valence-corrected chi connectivity index (χ2v) is 6.22. The van der Waals surface area contributed by atoms with Gasteiger partial charge >= 0.3 is 0 Å². The summed E-state index contributed by atoms with van der Waals surface area (Å²) in [5.74, 6) is 0.0747. The van der Waals surface area contributed by atoms with Crippen LogP contribution in [-0.2, 0) is 11.3 Å². The van der Waals surface area contributed by atoms with Crippen LogP contribution in [-0.4, -0.2) is 53.0 Å². The van der Waals surface area contributed by atoms with Crippen LogP contribution in [0.4, 0.5) is 0 Å². The number of piperazine rings is 1. The Morgan fingerprint density at radius 1 is 1.17 bits per heavy atom. The second kappa shape index (κ2) is 6.72. The Morgan fingerprint density at radius 2 is 1.91 bits per heavy atom. The van der Waals surface area contributed by atoms with Crippen molar-refractivity contribution in [2.75, 3.05) is 32.7 Å². The van der Waals surface area contributed by atoms with Crippen LogP contribution in [0.15, 0.2) is 35.3 Å². The highest BCUT2D eigenvalue weighted by atomic mass is 35.5. The van der Waals surface area contributed by atoms with Crippen molar-refractivity contribution < 1.29 is 4.79 Å². The van der Waals surface area contributed by atoms with E-state index in [4.69, 9.17) is 11.6 Å². The van der Waals surface area contributed by atoms with E-state index in [0.29, 0.717) is 15.9 Å². The van der Waals surface area contributed by atoms with Crippen molar-refractivity contribution in [3.63, 3.8) is 0 Å². The molecule has 1 fully saturated rings. The smallest absolute Gasteiger partial charge is 0.242 e. The van der Waals surface area contributed by atoms with Crippen molar-refractivity contribution in [2.24, 2.45) is 0 Å². The summed E-state index contributed by atoms with van der Waals surface area (Å²) in [6, 6.07) is 6.64. The summed E-state index contributed by atoms with van der Waals surface area (Å²) >= 11 is 6.04. The molecule has 5 nitrogen and oxygen atoms in total. The van der Waals surface area contributed by atoms with Crippen molar-refractivity contribution in [3.8, 4) is 0 Å². The van der Waals surface area contributed by atoms with E-state index < -0.39 is 0 Å². The number of rotatable bonds is 3. The summed E-state index contributed by atoms with van der Waals surface area (Å²) in [5, 5.41) is 1.14. The molecule has 0 aliphatic carbocycles. The number of pyridine rings is 1. The number of hydrogen-bond acceptors (Lipinski definition) is 3. The molecule has 0 saturated carbocycles. The molecule has 1 aliphatic rings. The number of nitrogens with zero attached hydrogens (tertiary/aromatic N) is 3. The third-order valence-electron chi connectivity index (χ3n) is 4.42. The van der Waals surface area contributed by atoms with Gasteiger partial charge in [0.1, 0.15) is 6.54 Å². The van der Waals surface area contributed by atoms with Crippen LogP contribution < -0.4 is 5.43 Å². The molecule has 23 heavy (non-hydrogen) atoms. The van der Waals surface area contributed by atoms with E-state index in [-0.39, 0.29) is 17.9 Å². The van der Waals surface area contributed by atoms with E-state index >= 15 is 0 Å². The number of likely N-dealkylation sites (N-methyl/N-ethyl adjacent to an activating group) is 1. The molecule has 122 valence electrons. The molecule has 0 unspecified atom stereocenters. The number of benzene rings is 1. The number of amides is 1. The third-order valence-corrected chi connectivity index (χ3v) is 4.65. The normalized spacial score (nSPS) is 16.0. The molecule has 3 rings (SSSR count). The summed E-state index contributed by atoms with van der Waals surface area (Å²) in [5.41, 5.74) is 0.641. The molecule has 1 aliphatic heterocycles. The Labute approximate surface area is 140 Å². The first-order valence-corrected chi connectivity index (χ1v) is 8.25. The first kappa shape index (κ1) is 16.0. The van der Waals surface area contributed by atoms with Gasteiger partial charge in [0.2, 0.25) is 5.91 Å². The summed E-state index contributed by atoms with van der Waals surface area (Å²) in [6.45, 7) is 6.72. The summed E-state index contributed by atoms with van der Waals surface area (Å²) in [6.07, 6.45) is 1.67. The molecule has 1 aromatic heterocycles. The number of carbonyl (C=O) groups excluding carboxylic acids is 1. The molecule has 6 heteroatoms. The van der Waals surface area contributed by atoms with Gasteiger partial charge in [0.25, 0.3) is 0 Å². The average Bonchev–Trinajstić information content (AvgIpc) is 2.57. The largest absolute Gasteiger partial charge is 0.339 e. The van der Waals surface area contributed by atoms with Crippen LogP contribution in [0.3, 0.4) is 0 Å². The lowest BCUT2D eigenvalue weighted by Gasteiger charge is -2.34. The minimum Gasteiger partial charge on any atom is -0.339 e. The number of halogens is 1. The van der Waals surface area contributed by atoms with Crippen molar-refractivity contribution in [3.05, 3.63) is 45.7 Å². The number of carbonyl (C=O) groups is 1. The van der Waals surface area contributed by atoms with Crippen LogP contribution in [0.5, 0.6) is 0 Å². The van der Waals surface area contributed by atoms with Gasteiger partial charge < -0.3 is 14.4 Å². The molecule has 0 bridgehead atoms. The fourth-order valence-electron chi connectivity index (χ4n) is 2.98. The minimum absolute atomic E-state index is 0.0584. The fraction of sp³-hybridized carbons (Fsp3) is 0.412. The van der Waals surface area contributed by atoms with Crippen LogP contribution in [0.2, 0.25) is 5.02 Å². The Morgan fingerprint density at radius 3 is 2.61 bits per heavy atom. The van der Waals surface area contributed by atoms with Gasteiger partial charge in [-0.3, -0.25) is 9.59 Å². The predicted octanol–water partition coefficient (Wildman–Crippen LogP) is 1.82. The topological polar surface area (TPSA) is 45.5 Å². The molecule has 1 amide bonds. The van der Waals surface area contributed by atoms with E-state index in [9.17, 15) is 9.59 Å². The van der Waals surface area contributed by atoms with Gasteiger partial charge in [-0.1, -0.05) is 18.5 Å². The highest BCUT2D eigenvalue weighted by molar-refractivity contribution is 6.31. The zero-order chi connectivity index (χ0) is 16.4. The molecule has 2 aromatic rings. The lowest BCUT2D eigenvalue weighted by molar-refractivity contribution is -0.133. The van der Waals surface area contributed by atoms with E-state index in [1.165, 1.54) is 6.07 Å². The first-order chi connectivity index (χ1) is 11.1. The van der Waals surface area contributed by atoms with Crippen LogP contribution in [0.1, 0.15) is 6.92 Å². The molecular formula is C17H20ClN3O2. The van der Waals surface area contributed by atoms with Gasteiger partial charge in [0.05, 0.1) is 5.52 Å². The number of hydrogen-bond donors (Lipinski definition) is 0. The minimum atomic E-state index is -0.0584. The summed E-state index contributed by atoms with van der Waals surface area (Å²) in [7, 11) is 0. The zero-order valence-electron chi connectivity index (χ0n) is 13.2. The van der Waals surface area contributed by atoms with Crippen LogP contribution >= 0.6 is 11.6 Å². The van der Waals surface area contributed by atoms with Crippen molar-refractivity contribution in [1.82, 2.24) is 14.4 Å². The van der Waals surface area contributed by atoms with Crippen LogP contribution in [0.25, 0.3) is 10.9 Å². The highest BCUT2D eigenvalue weighted by Crippen LogP contribution is 2.17. The predicted molar refractivity (Wildman–Crippen MR) is 91.9 cm³/mol. The molecule has 0 N–H and O–H groups in total. The Balaban J connectivity index is 1.82. The molecular weight excluding hydrogens is 314 g/mol. The number of aromatic nitrogens is 1. The van der Waals surface area contributed by atoms with Crippen molar-refractivity contribution >= 4 is 28.4 Å². The van der Waals surface area contributed by atoms with Gasteiger partial charge in [-0.15, -0.1) is 0 Å². The van der Waals surface area contributed by atoms with E-state index in [1.807, 2.05) is 4.90 Å². The van der Waals surface area contributed by atoms with Gasteiger partial charge in [0.15, 0.2) is 5.43 Å². The molecule has 1 aromatic carbocycles. The monoisotopic (exact) mass is 333 g/mol. The fourth-order valence-corrected chi connectivity index (χ4v) is 3.14. The third kappa shape index (κ3) is 3.41. The lowest BCUT2D eigenvalue weighted by atomic mass is 10.2. The van der Waals surface area contributed by atoms with E-state index in [2.05, 4.69) is 11.8 Å². The molecule has 1 saturated heterocycles. The maximum atomic E-state index is 12.6. The van der Waals surface area contributed by atoms with E-state index in [0.717, 1.165) is 32.7 Å². The zero-order valence-corrected chi connectivity index (χ0v) is 13.9. The quantitative estimate of drug-likeness (QED) is 0.860. The Bertz CT molecular complexity index is 779. The molecule has 2 heterocycles. The van der Waals surface area contributed by atoms with Gasteiger partial charge in [-0.25, -0.2) is 0 Å². The molecule has 0 radical (unpaired) electrons. The lowest BCUT2D eigenvalue weighted by Crippen LogP contribution is -2.49. The standard InChI is InChI=1S/C17H20ClN3O2/c1-2-19-7-9-20(10-8-19)17(23)12-21-6-5-16(22)14-4-3-13(18)11-15(14)21/h3-6,11H,2,7-10,12H2,1H3. The summed E-state index contributed by atoms with van der Waals surface area (Å²) in [4.78, 5) is 28.7. The molecule has 0 spiro atoms. The number of fused-ring (bicyclic) bond motifs is 1.